The van der Waals surface area contributed by atoms with Gasteiger partial charge >= 0.3 is 0 Å². The van der Waals surface area contributed by atoms with Crippen LogP contribution in [0.3, 0.4) is 0 Å². The van der Waals surface area contributed by atoms with Crippen molar-refractivity contribution in [3.05, 3.63) is 17.4 Å². The second kappa shape index (κ2) is 4.82. The van der Waals surface area contributed by atoms with Crippen LogP contribution in [-0.2, 0) is 0 Å². The van der Waals surface area contributed by atoms with E-state index in [1.165, 1.54) is 0 Å². The zero-order valence-electron chi connectivity index (χ0n) is 9.49. The maximum Gasteiger partial charge on any atom is 0.166 e. The van der Waals surface area contributed by atoms with E-state index in [1.807, 2.05) is 11.9 Å². The first-order chi connectivity index (χ1) is 7.06. The molecule has 0 aliphatic heterocycles. The van der Waals surface area contributed by atoms with Gasteiger partial charge in [-0.05, 0) is 13.3 Å². The molecule has 0 fully saturated rings. The summed E-state index contributed by atoms with van der Waals surface area (Å²) in [6, 6.07) is 1.56. The van der Waals surface area contributed by atoms with E-state index in [1.54, 1.807) is 13.0 Å². The highest BCUT2D eigenvalue weighted by atomic mass is 16.5. The van der Waals surface area contributed by atoms with Crippen LogP contribution in [0.15, 0.2) is 6.07 Å². The predicted octanol–water partition coefficient (Wildman–Crippen LogP) is 1.14. The molecular weight excluding hydrogens is 192 g/mol. The number of hydrogen-bond donors (Lipinski definition) is 2. The molecule has 0 atom stereocenters. The zero-order valence-corrected chi connectivity index (χ0v) is 9.49. The number of hydrogen-bond acceptors (Lipinski definition) is 4. The molecule has 1 aromatic heterocycles. The molecule has 2 N–H and O–H groups in total. The lowest BCUT2D eigenvalue weighted by molar-refractivity contribution is 0.159. The molecule has 1 rings (SSSR count). The third-order valence-corrected chi connectivity index (χ3v) is 2.32. The van der Waals surface area contributed by atoms with Crippen molar-refractivity contribution in [1.82, 2.24) is 9.71 Å². The third-order valence-electron chi connectivity index (χ3n) is 2.32. The van der Waals surface area contributed by atoms with Crippen molar-refractivity contribution in [2.45, 2.75) is 26.7 Å². The molecule has 0 radical (unpaired) electrons. The number of anilines is 1. The first-order valence-corrected chi connectivity index (χ1v) is 5.12. The zero-order chi connectivity index (χ0) is 11.4. The van der Waals surface area contributed by atoms with E-state index in [0.29, 0.717) is 5.82 Å². The van der Waals surface area contributed by atoms with Gasteiger partial charge in [0.05, 0.1) is 0 Å². The van der Waals surface area contributed by atoms with Crippen LogP contribution in [-0.4, -0.2) is 28.5 Å². The number of unbranched alkanes of at least 4 members (excludes halogenated alkanes) is 1. The second-order valence-corrected chi connectivity index (χ2v) is 3.63. The van der Waals surface area contributed by atoms with Crippen LogP contribution in [0.4, 0.5) is 5.82 Å². The average Bonchev–Trinajstić information content (AvgIpc) is 2.21. The highest BCUT2D eigenvalue weighted by Crippen LogP contribution is 2.06. The average molecular weight is 210 g/mol. The normalized spacial score (nSPS) is 10.3. The Kier molecular flexibility index (Phi) is 3.71. The van der Waals surface area contributed by atoms with Gasteiger partial charge in [-0.3, -0.25) is 5.41 Å². The Morgan fingerprint density at radius 2 is 2.27 bits per heavy atom. The topological polar surface area (TPSA) is 65.1 Å². The van der Waals surface area contributed by atoms with Gasteiger partial charge in [-0.1, -0.05) is 13.3 Å². The standard InChI is InChI=1S/C10H18N4O/c1-4-5-6-13(3)10-7-9(11)14(15)8(2)12-10/h7,11,15H,4-6H2,1-3H3. The van der Waals surface area contributed by atoms with Gasteiger partial charge in [0.15, 0.2) is 5.49 Å². The summed E-state index contributed by atoms with van der Waals surface area (Å²) in [7, 11) is 1.94. The molecule has 0 amide bonds. The Morgan fingerprint density at radius 1 is 1.60 bits per heavy atom. The fourth-order valence-electron chi connectivity index (χ4n) is 1.31. The molecule has 5 heteroatoms. The van der Waals surface area contributed by atoms with Gasteiger partial charge in [-0.15, -0.1) is 0 Å². The number of rotatable bonds is 4. The quantitative estimate of drug-likeness (QED) is 0.732. The second-order valence-electron chi connectivity index (χ2n) is 3.63. The summed E-state index contributed by atoms with van der Waals surface area (Å²) in [5, 5.41) is 16.9. The van der Waals surface area contributed by atoms with Crippen molar-refractivity contribution in [3.8, 4) is 0 Å². The van der Waals surface area contributed by atoms with Crippen molar-refractivity contribution in [2.24, 2.45) is 0 Å². The molecule has 84 valence electrons. The van der Waals surface area contributed by atoms with Gasteiger partial charge in [0.2, 0.25) is 0 Å². The largest absolute Gasteiger partial charge is 0.425 e. The van der Waals surface area contributed by atoms with Crippen molar-refractivity contribution >= 4 is 5.82 Å². The number of nitrogens with zero attached hydrogens (tertiary/aromatic N) is 3. The van der Waals surface area contributed by atoms with Gasteiger partial charge in [-0.25, -0.2) is 4.98 Å². The lowest BCUT2D eigenvalue weighted by atomic mass is 10.3. The van der Waals surface area contributed by atoms with E-state index in [-0.39, 0.29) is 5.49 Å². The Balaban J connectivity index is 2.91. The van der Waals surface area contributed by atoms with E-state index < -0.39 is 0 Å². The SMILES string of the molecule is CCCCN(C)c1cc(=N)n(O)c(C)n1. The predicted molar refractivity (Wildman–Crippen MR) is 58.2 cm³/mol. The van der Waals surface area contributed by atoms with Crippen molar-refractivity contribution in [2.75, 3.05) is 18.5 Å². The summed E-state index contributed by atoms with van der Waals surface area (Å²) in [4.78, 5) is 6.20. The summed E-state index contributed by atoms with van der Waals surface area (Å²) < 4.78 is 0.775. The van der Waals surface area contributed by atoms with Gasteiger partial charge in [0, 0.05) is 19.7 Å². The fourth-order valence-corrected chi connectivity index (χ4v) is 1.31. The van der Waals surface area contributed by atoms with E-state index >= 15 is 0 Å². The maximum absolute atomic E-state index is 9.34. The number of nitrogens with one attached hydrogen (secondary N) is 1. The van der Waals surface area contributed by atoms with Crippen LogP contribution in [0.2, 0.25) is 0 Å². The molecule has 0 bridgehead atoms. The molecule has 0 saturated carbocycles. The highest BCUT2D eigenvalue weighted by Gasteiger charge is 2.05. The van der Waals surface area contributed by atoms with Gasteiger partial charge in [0.1, 0.15) is 11.6 Å². The van der Waals surface area contributed by atoms with Gasteiger partial charge in [0.25, 0.3) is 0 Å². The molecular formula is C10H18N4O. The van der Waals surface area contributed by atoms with E-state index in [0.717, 1.165) is 29.9 Å². The Bertz CT molecular complexity index is 385. The lowest BCUT2D eigenvalue weighted by Gasteiger charge is -2.18. The molecule has 1 heterocycles. The summed E-state index contributed by atoms with van der Waals surface area (Å²) in [5.41, 5.74) is 0.0563. The van der Waals surface area contributed by atoms with E-state index in [2.05, 4.69) is 11.9 Å². The van der Waals surface area contributed by atoms with Gasteiger partial charge in [-0.2, -0.15) is 4.73 Å². The maximum atomic E-state index is 9.34. The van der Waals surface area contributed by atoms with Crippen LogP contribution in [0, 0.1) is 12.3 Å². The minimum absolute atomic E-state index is 0.0563. The molecule has 15 heavy (non-hydrogen) atoms. The summed E-state index contributed by atoms with van der Waals surface area (Å²) in [5.74, 6) is 1.16. The molecule has 0 saturated heterocycles. The summed E-state index contributed by atoms with van der Waals surface area (Å²) >= 11 is 0. The van der Waals surface area contributed by atoms with Crippen LogP contribution < -0.4 is 10.4 Å². The molecule has 0 aliphatic carbocycles. The first-order valence-electron chi connectivity index (χ1n) is 5.12. The first kappa shape index (κ1) is 11.6. The molecule has 1 aromatic rings. The van der Waals surface area contributed by atoms with Crippen LogP contribution in [0.25, 0.3) is 0 Å². The fraction of sp³-hybridized carbons (Fsp3) is 0.600. The summed E-state index contributed by atoms with van der Waals surface area (Å²) in [6.45, 7) is 4.72. The smallest absolute Gasteiger partial charge is 0.166 e. The van der Waals surface area contributed by atoms with Crippen LogP contribution in [0.1, 0.15) is 25.6 Å². The minimum Gasteiger partial charge on any atom is -0.425 e. The number of aryl methyl sites for hydroxylation is 1. The molecule has 5 nitrogen and oxygen atoms in total. The van der Waals surface area contributed by atoms with E-state index in [4.69, 9.17) is 5.41 Å². The minimum atomic E-state index is 0.0563. The lowest BCUT2D eigenvalue weighted by Crippen LogP contribution is -2.26. The van der Waals surface area contributed by atoms with Crippen LogP contribution >= 0.6 is 0 Å². The van der Waals surface area contributed by atoms with Crippen LogP contribution in [0.5, 0.6) is 0 Å². The highest BCUT2D eigenvalue weighted by molar-refractivity contribution is 5.35. The van der Waals surface area contributed by atoms with Crippen molar-refractivity contribution in [1.29, 1.82) is 5.41 Å². The molecule has 0 unspecified atom stereocenters. The molecule has 0 spiro atoms. The summed E-state index contributed by atoms with van der Waals surface area (Å²) in [6.07, 6.45) is 2.22. The van der Waals surface area contributed by atoms with E-state index in [9.17, 15) is 5.21 Å². The van der Waals surface area contributed by atoms with Gasteiger partial charge < -0.3 is 10.1 Å². The van der Waals surface area contributed by atoms with Crippen molar-refractivity contribution < 1.29 is 5.21 Å². The Labute approximate surface area is 89.5 Å². The molecule has 0 aliphatic rings. The van der Waals surface area contributed by atoms with Crippen molar-refractivity contribution in [3.63, 3.8) is 0 Å². The Morgan fingerprint density at radius 3 is 2.80 bits per heavy atom. The number of aromatic nitrogens is 2. The third kappa shape index (κ3) is 2.71. The monoisotopic (exact) mass is 210 g/mol. The molecule has 0 aromatic carbocycles. The Hall–Kier alpha value is -1.52.